The lowest BCUT2D eigenvalue weighted by Gasteiger charge is -2.08. The molecule has 94 valence electrons. The second-order valence-electron chi connectivity index (χ2n) is 3.91. The third-order valence-corrected chi connectivity index (χ3v) is 2.76. The summed E-state index contributed by atoms with van der Waals surface area (Å²) in [7, 11) is 0. The molecule has 0 bridgehead atoms. The Morgan fingerprint density at radius 2 is 2.06 bits per heavy atom. The van der Waals surface area contributed by atoms with Crippen LogP contribution in [-0.4, -0.2) is 4.98 Å². The number of nitrogens with two attached hydrogens (primary N) is 1. The molecular formula is C13H12BrFN2O. The van der Waals surface area contributed by atoms with Crippen LogP contribution in [0.1, 0.15) is 18.7 Å². The van der Waals surface area contributed by atoms with Crippen LogP contribution in [-0.2, 0) is 0 Å². The van der Waals surface area contributed by atoms with Gasteiger partial charge in [-0.15, -0.1) is 0 Å². The first kappa shape index (κ1) is 13.0. The van der Waals surface area contributed by atoms with Gasteiger partial charge in [0, 0.05) is 16.6 Å². The summed E-state index contributed by atoms with van der Waals surface area (Å²) in [5.74, 6) is 0.591. The molecule has 0 amide bonds. The number of rotatable bonds is 3. The maximum atomic E-state index is 13.2. The minimum Gasteiger partial charge on any atom is -0.456 e. The molecule has 0 unspecified atom stereocenters. The van der Waals surface area contributed by atoms with Crippen LogP contribution in [0.5, 0.6) is 11.5 Å². The first-order chi connectivity index (χ1) is 8.54. The number of hydrogen-bond donors (Lipinski definition) is 1. The molecule has 3 nitrogen and oxygen atoms in total. The molecule has 2 N–H and O–H groups in total. The monoisotopic (exact) mass is 310 g/mol. The molecule has 5 heteroatoms. The summed E-state index contributed by atoms with van der Waals surface area (Å²) in [6.45, 7) is 1.85. The molecule has 0 aliphatic heterocycles. The number of pyridine rings is 1. The lowest BCUT2D eigenvalue weighted by Crippen LogP contribution is -2.06. The molecule has 1 aromatic heterocycles. The summed E-state index contributed by atoms with van der Waals surface area (Å²) in [4.78, 5) is 4.16. The first-order valence-electron chi connectivity index (χ1n) is 5.40. The van der Waals surface area contributed by atoms with E-state index < -0.39 is 0 Å². The van der Waals surface area contributed by atoms with E-state index in [1.165, 1.54) is 12.1 Å². The Labute approximate surface area is 113 Å². The van der Waals surface area contributed by atoms with Crippen LogP contribution in [0.4, 0.5) is 4.39 Å². The van der Waals surface area contributed by atoms with Crippen molar-refractivity contribution in [3.63, 3.8) is 0 Å². The lowest BCUT2D eigenvalue weighted by molar-refractivity contribution is 0.473. The summed E-state index contributed by atoms with van der Waals surface area (Å²) < 4.78 is 19.3. The number of ether oxygens (including phenoxy) is 1. The van der Waals surface area contributed by atoms with Crippen LogP contribution in [0.3, 0.4) is 0 Å². The van der Waals surface area contributed by atoms with Gasteiger partial charge in [0.2, 0.25) is 0 Å². The average molecular weight is 311 g/mol. The van der Waals surface area contributed by atoms with Gasteiger partial charge in [-0.3, -0.25) is 4.98 Å². The second-order valence-corrected chi connectivity index (χ2v) is 4.83. The predicted molar refractivity (Wildman–Crippen MR) is 71.0 cm³/mol. The van der Waals surface area contributed by atoms with Crippen molar-refractivity contribution in [2.24, 2.45) is 5.73 Å². The Kier molecular flexibility index (Phi) is 3.93. The molecule has 2 aromatic rings. The highest BCUT2D eigenvalue weighted by atomic mass is 79.9. The van der Waals surface area contributed by atoms with Gasteiger partial charge >= 0.3 is 0 Å². The SMILES string of the molecule is C[C@@H](N)c1ccc(Oc2cc(F)cc(Br)c2)cn1. The van der Waals surface area contributed by atoms with E-state index in [9.17, 15) is 4.39 Å². The van der Waals surface area contributed by atoms with Crippen LogP contribution in [0.2, 0.25) is 0 Å². The minimum atomic E-state index is -0.362. The highest BCUT2D eigenvalue weighted by molar-refractivity contribution is 9.10. The molecule has 0 saturated heterocycles. The summed E-state index contributed by atoms with van der Waals surface area (Å²) in [6.07, 6.45) is 1.57. The van der Waals surface area contributed by atoms with Gasteiger partial charge in [-0.25, -0.2) is 4.39 Å². The van der Waals surface area contributed by atoms with Crippen molar-refractivity contribution in [1.29, 1.82) is 0 Å². The molecular weight excluding hydrogens is 299 g/mol. The number of halogens is 2. The van der Waals surface area contributed by atoms with Crippen LogP contribution in [0.25, 0.3) is 0 Å². The lowest BCUT2D eigenvalue weighted by atomic mass is 10.2. The number of benzene rings is 1. The van der Waals surface area contributed by atoms with E-state index in [-0.39, 0.29) is 11.9 Å². The molecule has 0 saturated carbocycles. The molecule has 2 rings (SSSR count). The quantitative estimate of drug-likeness (QED) is 0.938. The summed E-state index contributed by atoms with van der Waals surface area (Å²) in [5.41, 5.74) is 6.48. The van der Waals surface area contributed by atoms with Gasteiger partial charge in [0.15, 0.2) is 0 Å². The van der Waals surface area contributed by atoms with E-state index in [1.54, 1.807) is 24.4 Å². The van der Waals surface area contributed by atoms with E-state index >= 15 is 0 Å². The van der Waals surface area contributed by atoms with Crippen molar-refractivity contribution in [1.82, 2.24) is 4.98 Å². The number of hydrogen-bond acceptors (Lipinski definition) is 3. The highest BCUT2D eigenvalue weighted by Crippen LogP contribution is 2.25. The Balaban J connectivity index is 2.18. The average Bonchev–Trinajstić information content (AvgIpc) is 2.28. The molecule has 0 spiro atoms. The minimum absolute atomic E-state index is 0.123. The molecule has 0 fully saturated rings. The highest BCUT2D eigenvalue weighted by Gasteiger charge is 2.04. The van der Waals surface area contributed by atoms with E-state index in [2.05, 4.69) is 20.9 Å². The Bertz CT molecular complexity index is 523. The van der Waals surface area contributed by atoms with Crippen molar-refractivity contribution in [2.75, 3.05) is 0 Å². The zero-order chi connectivity index (χ0) is 13.1. The maximum absolute atomic E-state index is 13.2. The van der Waals surface area contributed by atoms with Crippen LogP contribution in [0.15, 0.2) is 41.0 Å². The van der Waals surface area contributed by atoms with Gasteiger partial charge in [0.25, 0.3) is 0 Å². The van der Waals surface area contributed by atoms with Crippen molar-refractivity contribution in [3.8, 4) is 11.5 Å². The van der Waals surface area contributed by atoms with Crippen LogP contribution >= 0.6 is 15.9 Å². The van der Waals surface area contributed by atoms with Crippen LogP contribution in [0, 0.1) is 5.82 Å². The summed E-state index contributed by atoms with van der Waals surface area (Å²) in [6, 6.07) is 7.78. The zero-order valence-electron chi connectivity index (χ0n) is 9.73. The van der Waals surface area contributed by atoms with E-state index in [1.807, 2.05) is 6.92 Å². The first-order valence-corrected chi connectivity index (χ1v) is 6.19. The maximum Gasteiger partial charge on any atom is 0.145 e. The molecule has 1 heterocycles. The Morgan fingerprint density at radius 1 is 1.28 bits per heavy atom. The Morgan fingerprint density at radius 3 is 2.61 bits per heavy atom. The zero-order valence-corrected chi connectivity index (χ0v) is 11.3. The standard InChI is InChI=1S/C13H12BrFN2O/c1-8(16)13-3-2-11(7-17-13)18-12-5-9(14)4-10(15)6-12/h2-8H,16H2,1H3/t8-/m1/s1. The van der Waals surface area contributed by atoms with Crippen molar-refractivity contribution in [2.45, 2.75) is 13.0 Å². The fourth-order valence-electron chi connectivity index (χ4n) is 1.44. The topological polar surface area (TPSA) is 48.1 Å². The van der Waals surface area contributed by atoms with Gasteiger partial charge in [-0.05, 0) is 31.2 Å². The van der Waals surface area contributed by atoms with E-state index in [4.69, 9.17) is 10.5 Å². The van der Waals surface area contributed by atoms with Gasteiger partial charge in [0.1, 0.15) is 17.3 Å². The third kappa shape index (κ3) is 3.27. The smallest absolute Gasteiger partial charge is 0.145 e. The molecule has 0 radical (unpaired) electrons. The van der Waals surface area contributed by atoms with Crippen LogP contribution < -0.4 is 10.5 Å². The summed E-state index contributed by atoms with van der Waals surface area (Å²) in [5, 5.41) is 0. The molecule has 1 aromatic carbocycles. The predicted octanol–water partition coefficient (Wildman–Crippen LogP) is 3.80. The molecule has 0 aliphatic rings. The molecule has 1 atom stereocenters. The second kappa shape index (κ2) is 5.46. The van der Waals surface area contributed by atoms with E-state index in [0.29, 0.717) is 16.0 Å². The normalized spacial score (nSPS) is 12.2. The number of aromatic nitrogens is 1. The van der Waals surface area contributed by atoms with Gasteiger partial charge < -0.3 is 10.5 Å². The van der Waals surface area contributed by atoms with Gasteiger partial charge in [-0.1, -0.05) is 15.9 Å². The Hall–Kier alpha value is -1.46. The summed E-state index contributed by atoms with van der Waals surface area (Å²) >= 11 is 3.20. The van der Waals surface area contributed by atoms with Crippen molar-refractivity contribution >= 4 is 15.9 Å². The van der Waals surface area contributed by atoms with Crippen molar-refractivity contribution in [3.05, 3.63) is 52.5 Å². The van der Waals surface area contributed by atoms with Gasteiger partial charge in [0.05, 0.1) is 11.9 Å². The van der Waals surface area contributed by atoms with Crippen molar-refractivity contribution < 1.29 is 9.13 Å². The third-order valence-electron chi connectivity index (χ3n) is 2.30. The van der Waals surface area contributed by atoms with Gasteiger partial charge in [-0.2, -0.15) is 0 Å². The number of nitrogens with zero attached hydrogens (tertiary/aromatic N) is 1. The largest absolute Gasteiger partial charge is 0.456 e. The van der Waals surface area contributed by atoms with E-state index in [0.717, 1.165) is 5.69 Å². The molecule has 0 aliphatic carbocycles. The fourth-order valence-corrected chi connectivity index (χ4v) is 1.89. The fraction of sp³-hybridized carbons (Fsp3) is 0.154. The molecule has 18 heavy (non-hydrogen) atoms.